The number of aromatic amines is 1. The second kappa shape index (κ2) is 4.35. The first-order valence-electron chi connectivity index (χ1n) is 5.05. The summed E-state index contributed by atoms with van der Waals surface area (Å²) >= 11 is 0. The summed E-state index contributed by atoms with van der Waals surface area (Å²) in [6.07, 6.45) is 3.22. The van der Waals surface area contributed by atoms with E-state index in [0.29, 0.717) is 5.82 Å². The van der Waals surface area contributed by atoms with E-state index < -0.39 is 0 Å². The lowest BCUT2D eigenvalue weighted by Gasteiger charge is -2.25. The van der Waals surface area contributed by atoms with Crippen LogP contribution in [0.3, 0.4) is 0 Å². The highest BCUT2D eigenvalue weighted by Crippen LogP contribution is 2.17. The van der Waals surface area contributed by atoms with E-state index in [1.807, 2.05) is 6.92 Å². The van der Waals surface area contributed by atoms with Gasteiger partial charge in [-0.1, -0.05) is 18.2 Å². The molecule has 2 rings (SSSR count). The molecule has 5 heteroatoms. The zero-order valence-corrected chi connectivity index (χ0v) is 8.90. The first kappa shape index (κ1) is 10.0. The average Bonchev–Trinajstić information content (AvgIpc) is 2.69. The van der Waals surface area contributed by atoms with Gasteiger partial charge in [-0.2, -0.15) is 5.21 Å². The Labute approximate surface area is 88.9 Å². The van der Waals surface area contributed by atoms with Crippen LogP contribution >= 0.6 is 0 Å². The summed E-state index contributed by atoms with van der Waals surface area (Å²) < 4.78 is 0. The van der Waals surface area contributed by atoms with Gasteiger partial charge < -0.3 is 0 Å². The Morgan fingerprint density at radius 2 is 2.53 bits per heavy atom. The Bertz CT molecular complexity index is 365. The Morgan fingerprint density at radius 1 is 1.67 bits per heavy atom. The molecule has 0 amide bonds. The van der Waals surface area contributed by atoms with Gasteiger partial charge in [0.05, 0.1) is 0 Å². The highest BCUT2D eigenvalue weighted by molar-refractivity contribution is 5.61. The Balaban J connectivity index is 2.03. The highest BCUT2D eigenvalue weighted by atomic mass is 15.5. The van der Waals surface area contributed by atoms with Crippen LogP contribution in [0.1, 0.15) is 19.2 Å². The van der Waals surface area contributed by atoms with Crippen molar-refractivity contribution in [2.24, 2.45) is 0 Å². The highest BCUT2D eigenvalue weighted by Gasteiger charge is 2.16. The molecule has 1 N–H and O–H groups in total. The van der Waals surface area contributed by atoms with E-state index in [2.05, 4.69) is 38.2 Å². The van der Waals surface area contributed by atoms with E-state index in [1.165, 1.54) is 5.57 Å². The molecule has 0 spiro atoms. The van der Waals surface area contributed by atoms with Crippen molar-refractivity contribution in [3.8, 4) is 0 Å². The lowest BCUT2D eigenvalue weighted by atomic mass is 10.1. The first-order valence-corrected chi connectivity index (χ1v) is 5.05. The topological polar surface area (TPSA) is 57.7 Å². The summed E-state index contributed by atoms with van der Waals surface area (Å²) in [5.74, 6) is 0.710. The van der Waals surface area contributed by atoms with Crippen molar-refractivity contribution in [3.63, 3.8) is 0 Å². The molecule has 0 atom stereocenters. The third-order valence-electron chi connectivity index (χ3n) is 2.36. The van der Waals surface area contributed by atoms with Crippen LogP contribution in [0.5, 0.6) is 0 Å². The van der Waals surface area contributed by atoms with Gasteiger partial charge in [0.1, 0.15) is 0 Å². The van der Waals surface area contributed by atoms with Gasteiger partial charge in [-0.3, -0.25) is 4.90 Å². The van der Waals surface area contributed by atoms with Crippen molar-refractivity contribution >= 4 is 5.57 Å². The molecule has 5 nitrogen and oxygen atoms in total. The van der Waals surface area contributed by atoms with Crippen molar-refractivity contribution < 1.29 is 0 Å². The maximum atomic E-state index is 3.99. The smallest absolute Gasteiger partial charge is 0.201 e. The quantitative estimate of drug-likeness (QED) is 0.744. The SMILES string of the molecule is C=C(C)CN1CCC=C(c2nn[nH]n2)C1. The Morgan fingerprint density at radius 3 is 3.20 bits per heavy atom. The van der Waals surface area contributed by atoms with Crippen LogP contribution in [-0.2, 0) is 0 Å². The van der Waals surface area contributed by atoms with Crippen LogP contribution in [0.25, 0.3) is 5.57 Å². The molecule has 15 heavy (non-hydrogen) atoms. The number of rotatable bonds is 3. The van der Waals surface area contributed by atoms with E-state index in [1.54, 1.807) is 0 Å². The molecule has 1 aromatic heterocycles. The fraction of sp³-hybridized carbons (Fsp3) is 0.500. The van der Waals surface area contributed by atoms with Crippen LogP contribution in [-0.4, -0.2) is 45.2 Å². The number of tetrazole rings is 1. The average molecular weight is 205 g/mol. The third-order valence-corrected chi connectivity index (χ3v) is 2.36. The molecule has 80 valence electrons. The summed E-state index contributed by atoms with van der Waals surface area (Å²) in [5, 5.41) is 14.0. The van der Waals surface area contributed by atoms with Gasteiger partial charge >= 0.3 is 0 Å². The van der Waals surface area contributed by atoms with Gasteiger partial charge in [0.25, 0.3) is 0 Å². The summed E-state index contributed by atoms with van der Waals surface area (Å²) in [4.78, 5) is 2.34. The maximum Gasteiger partial charge on any atom is 0.201 e. The van der Waals surface area contributed by atoms with Crippen molar-refractivity contribution in [3.05, 3.63) is 24.1 Å². The Kier molecular flexibility index (Phi) is 2.91. The first-order chi connectivity index (χ1) is 7.25. The zero-order valence-electron chi connectivity index (χ0n) is 8.90. The van der Waals surface area contributed by atoms with Crippen molar-refractivity contribution in [2.45, 2.75) is 13.3 Å². The molecule has 2 heterocycles. The molecule has 0 unspecified atom stereocenters. The lowest BCUT2D eigenvalue weighted by Crippen LogP contribution is -2.31. The summed E-state index contributed by atoms with van der Waals surface area (Å²) in [6.45, 7) is 8.87. The minimum Gasteiger partial charge on any atom is -0.295 e. The van der Waals surface area contributed by atoms with Crippen LogP contribution in [0.15, 0.2) is 18.2 Å². The van der Waals surface area contributed by atoms with Crippen molar-refractivity contribution in [2.75, 3.05) is 19.6 Å². The van der Waals surface area contributed by atoms with Gasteiger partial charge in [0.15, 0.2) is 0 Å². The van der Waals surface area contributed by atoms with E-state index in [9.17, 15) is 0 Å². The van der Waals surface area contributed by atoms with Crippen LogP contribution < -0.4 is 0 Å². The summed E-state index contributed by atoms with van der Waals surface area (Å²) in [6, 6.07) is 0. The number of H-pyrrole nitrogens is 1. The maximum absolute atomic E-state index is 3.99. The van der Waals surface area contributed by atoms with E-state index >= 15 is 0 Å². The normalized spacial score (nSPS) is 17.5. The van der Waals surface area contributed by atoms with E-state index in [-0.39, 0.29) is 0 Å². The van der Waals surface area contributed by atoms with Crippen LogP contribution in [0.2, 0.25) is 0 Å². The zero-order chi connectivity index (χ0) is 10.7. The minimum absolute atomic E-state index is 0.710. The van der Waals surface area contributed by atoms with Crippen molar-refractivity contribution in [1.82, 2.24) is 25.5 Å². The van der Waals surface area contributed by atoms with Gasteiger partial charge in [-0.05, 0) is 18.6 Å². The van der Waals surface area contributed by atoms with E-state index in [4.69, 9.17) is 0 Å². The molecular weight excluding hydrogens is 190 g/mol. The molecular formula is C10H15N5. The largest absolute Gasteiger partial charge is 0.295 e. The molecule has 0 saturated carbocycles. The number of nitrogens with zero attached hydrogens (tertiary/aromatic N) is 4. The molecule has 0 radical (unpaired) electrons. The molecule has 0 aliphatic carbocycles. The number of hydrogen-bond donors (Lipinski definition) is 1. The molecule has 0 bridgehead atoms. The number of aromatic nitrogens is 4. The molecule has 1 aliphatic heterocycles. The molecule has 0 fully saturated rings. The Hall–Kier alpha value is -1.49. The van der Waals surface area contributed by atoms with Gasteiger partial charge in [-0.15, -0.1) is 10.2 Å². The van der Waals surface area contributed by atoms with Crippen LogP contribution in [0, 0.1) is 0 Å². The minimum atomic E-state index is 0.710. The monoisotopic (exact) mass is 205 g/mol. The van der Waals surface area contributed by atoms with Gasteiger partial charge in [0, 0.05) is 25.2 Å². The summed E-state index contributed by atoms with van der Waals surface area (Å²) in [5.41, 5.74) is 2.33. The third kappa shape index (κ3) is 2.50. The fourth-order valence-corrected chi connectivity index (χ4v) is 1.78. The van der Waals surface area contributed by atoms with Crippen molar-refractivity contribution in [1.29, 1.82) is 0 Å². The van der Waals surface area contributed by atoms with Gasteiger partial charge in [-0.25, -0.2) is 0 Å². The lowest BCUT2D eigenvalue weighted by molar-refractivity contribution is 0.329. The van der Waals surface area contributed by atoms with E-state index in [0.717, 1.165) is 31.6 Å². The predicted molar refractivity (Wildman–Crippen MR) is 58.0 cm³/mol. The second-order valence-electron chi connectivity index (χ2n) is 3.92. The number of hydrogen-bond acceptors (Lipinski definition) is 4. The fourth-order valence-electron chi connectivity index (χ4n) is 1.78. The molecule has 1 aromatic rings. The predicted octanol–water partition coefficient (Wildman–Crippen LogP) is 0.865. The molecule has 0 aromatic carbocycles. The molecule has 1 aliphatic rings. The van der Waals surface area contributed by atoms with Crippen LogP contribution in [0.4, 0.5) is 0 Å². The second-order valence-corrected chi connectivity index (χ2v) is 3.92. The number of nitrogens with one attached hydrogen (secondary N) is 1. The molecule has 0 saturated heterocycles. The summed E-state index contributed by atoms with van der Waals surface area (Å²) in [7, 11) is 0. The van der Waals surface area contributed by atoms with Gasteiger partial charge in [0.2, 0.25) is 5.82 Å². The standard InChI is InChI=1S/C10H15N5/c1-8(2)6-15-5-3-4-9(7-15)10-11-13-14-12-10/h4H,1,3,5-7H2,2H3,(H,11,12,13,14).